The Hall–Kier alpha value is -11.9. The van der Waals surface area contributed by atoms with Crippen molar-refractivity contribution < 1.29 is 0 Å². The van der Waals surface area contributed by atoms with Crippen LogP contribution >= 0.6 is 11.3 Å². The molecule has 0 aliphatic rings. The maximum atomic E-state index is 13.1. The van der Waals surface area contributed by atoms with Gasteiger partial charge in [0.2, 0.25) is 0 Å². The molecule has 0 N–H and O–H groups in total. The van der Waals surface area contributed by atoms with E-state index < -0.39 is 0 Å². The summed E-state index contributed by atoms with van der Waals surface area (Å²) in [6.07, 6.45) is 0. The molecule has 0 amide bonds. The van der Waals surface area contributed by atoms with Gasteiger partial charge in [-0.25, -0.2) is 0 Å². The number of thiophene rings is 1. The smallest absolute Gasteiger partial charge is 0.104 e. The molecule has 19 aromatic rings. The Labute approximate surface area is 506 Å². The molecule has 0 bridgehead atoms. The zero-order valence-electron chi connectivity index (χ0n) is 47.0. The highest BCUT2D eigenvalue weighted by molar-refractivity contribution is 7.26. The van der Waals surface area contributed by atoms with Crippen molar-refractivity contribution in [3.05, 3.63) is 284 Å². The van der Waals surface area contributed by atoms with Gasteiger partial charge in [0.25, 0.3) is 0 Å². The molecule has 7 nitrogen and oxygen atoms in total. The topological polar surface area (TPSA) is 72.2 Å². The van der Waals surface area contributed by atoms with Crippen LogP contribution in [-0.4, -0.2) is 22.8 Å². The molecule has 0 radical (unpaired) electrons. The number of fused-ring (bicyclic) bond motifs is 19. The van der Waals surface area contributed by atoms with E-state index in [-0.39, 0.29) is 0 Å². The lowest BCUT2D eigenvalue weighted by atomic mass is 9.98. The van der Waals surface area contributed by atoms with E-state index in [9.17, 15) is 10.5 Å². The minimum Gasteiger partial charge on any atom is -0.309 e. The first-order valence-electron chi connectivity index (χ1n) is 29.6. The van der Waals surface area contributed by atoms with E-state index in [4.69, 9.17) is 0 Å². The van der Waals surface area contributed by atoms with Crippen LogP contribution in [0.4, 0.5) is 0 Å². The van der Waals surface area contributed by atoms with Gasteiger partial charge in [0.1, 0.15) is 23.3 Å². The van der Waals surface area contributed by atoms with Gasteiger partial charge in [-0.05, 0) is 78.4 Å². The summed E-state index contributed by atoms with van der Waals surface area (Å²) in [7, 11) is 0. The van der Waals surface area contributed by atoms with Gasteiger partial charge >= 0.3 is 0 Å². The monoisotopic (exact) mass is 1140 g/mol. The fourth-order valence-corrected chi connectivity index (χ4v) is 16.3. The van der Waals surface area contributed by atoms with E-state index in [1.54, 1.807) is 11.3 Å². The van der Waals surface area contributed by atoms with Crippen molar-refractivity contribution in [3.63, 3.8) is 0 Å². The van der Waals surface area contributed by atoms with Crippen molar-refractivity contribution >= 4 is 141 Å². The minimum absolute atomic E-state index is 0.408. The molecule has 19 rings (SSSR count). The molecule has 0 spiro atoms. The highest BCUT2D eigenvalue weighted by atomic mass is 32.1. The van der Waals surface area contributed by atoms with Gasteiger partial charge in [-0.15, -0.1) is 11.3 Å². The van der Waals surface area contributed by atoms with Gasteiger partial charge in [-0.1, -0.05) is 200 Å². The quantitative estimate of drug-likeness (QED) is 0.166. The second-order valence-corrected chi connectivity index (χ2v) is 23.9. The number of rotatable bonds is 6. The number of hydrogen-bond donors (Lipinski definition) is 0. The maximum absolute atomic E-state index is 13.1. The van der Waals surface area contributed by atoms with Crippen molar-refractivity contribution in [2.45, 2.75) is 0 Å². The summed E-state index contributed by atoms with van der Waals surface area (Å²) < 4.78 is 13.9. The van der Waals surface area contributed by atoms with Crippen LogP contribution in [0.5, 0.6) is 0 Å². The van der Waals surface area contributed by atoms with Gasteiger partial charge < -0.3 is 22.8 Å². The zero-order chi connectivity index (χ0) is 57.9. The maximum Gasteiger partial charge on any atom is 0.104 e. The van der Waals surface area contributed by atoms with Crippen LogP contribution in [0.3, 0.4) is 0 Å². The normalized spacial score (nSPS) is 12.1. The summed E-state index contributed by atoms with van der Waals surface area (Å²) >= 11 is 1.80. The lowest BCUT2D eigenvalue weighted by molar-refractivity contribution is 1.02. The highest BCUT2D eigenvalue weighted by Gasteiger charge is 2.35. The van der Waals surface area contributed by atoms with E-state index in [0.29, 0.717) is 33.9 Å². The molecule has 0 saturated heterocycles. The first-order valence-corrected chi connectivity index (χ1v) is 30.4. The van der Waals surface area contributed by atoms with Crippen LogP contribution in [-0.2, 0) is 0 Å². The summed E-state index contributed by atoms with van der Waals surface area (Å²) in [6.45, 7) is 0. The molecule has 6 aromatic heterocycles. The zero-order valence-corrected chi connectivity index (χ0v) is 47.8. The third-order valence-corrected chi connectivity index (χ3v) is 19.8. The second kappa shape index (κ2) is 18.3. The van der Waals surface area contributed by atoms with Gasteiger partial charge in [-0.3, -0.25) is 0 Å². The van der Waals surface area contributed by atoms with Crippen LogP contribution < -0.4 is 0 Å². The average molecular weight is 1140 g/mol. The predicted octanol–water partition coefficient (Wildman–Crippen LogP) is 21.0. The van der Waals surface area contributed by atoms with Gasteiger partial charge in [-0.2, -0.15) is 10.5 Å². The molecule has 0 aliphatic carbocycles. The van der Waals surface area contributed by atoms with Crippen molar-refractivity contribution in [1.82, 2.24) is 22.8 Å². The summed E-state index contributed by atoms with van der Waals surface area (Å²) in [5, 5.41) is 39.1. The van der Waals surface area contributed by atoms with E-state index in [1.807, 2.05) is 0 Å². The summed E-state index contributed by atoms with van der Waals surface area (Å²) in [5.41, 5.74) is 15.9. The highest BCUT2D eigenvalue weighted by Crippen LogP contribution is 2.51. The predicted molar refractivity (Wildman–Crippen MR) is 366 cm³/mol. The number of nitriles is 2. The van der Waals surface area contributed by atoms with Gasteiger partial charge in [0, 0.05) is 79.6 Å². The number of hydrogen-bond acceptors (Lipinski definition) is 3. The van der Waals surface area contributed by atoms with E-state index in [2.05, 4.69) is 308 Å². The largest absolute Gasteiger partial charge is 0.309 e. The van der Waals surface area contributed by atoms with E-state index in [1.165, 1.54) is 26.2 Å². The SMILES string of the molecule is N#Cc1c(-n2c3ccccc3c3ccccc32)c(-n2c3ccccc3c3ccccc32)c(C#N)c(-n2c3cc(-c4ccccc4-n4c5ccccc5c5ccccc54)ccc3c3c4sc5ccccc5c4ccc32)c1-n1c2ccccc2c2ccccc21. The van der Waals surface area contributed by atoms with Crippen LogP contribution in [0.1, 0.15) is 11.1 Å². The molecular formula is C80H45N7S. The summed E-state index contributed by atoms with van der Waals surface area (Å²) in [6, 6.07) is 103. The van der Waals surface area contributed by atoms with Crippen molar-refractivity contribution in [3.8, 4) is 51.7 Å². The van der Waals surface area contributed by atoms with Crippen molar-refractivity contribution in [2.24, 2.45) is 0 Å². The molecule has 6 heterocycles. The molecule has 0 unspecified atom stereocenters. The third kappa shape index (κ3) is 6.42. The first-order chi connectivity index (χ1) is 43.7. The van der Waals surface area contributed by atoms with Crippen molar-refractivity contribution in [2.75, 3.05) is 0 Å². The number of nitrogens with zero attached hydrogens (tertiary/aromatic N) is 7. The van der Waals surface area contributed by atoms with Crippen LogP contribution in [0.15, 0.2) is 273 Å². The number of para-hydroxylation sites is 9. The molecule has 88 heavy (non-hydrogen) atoms. The van der Waals surface area contributed by atoms with E-state index in [0.717, 1.165) is 120 Å². The Morgan fingerprint density at radius 2 is 0.591 bits per heavy atom. The van der Waals surface area contributed by atoms with E-state index >= 15 is 0 Å². The molecular weight excluding hydrogens is 1090 g/mol. The van der Waals surface area contributed by atoms with Crippen LogP contribution in [0.25, 0.3) is 169 Å². The average Bonchev–Trinajstić information content (AvgIpc) is 1.48. The molecule has 0 saturated carbocycles. The number of aromatic nitrogens is 5. The first kappa shape index (κ1) is 48.4. The van der Waals surface area contributed by atoms with Gasteiger partial charge in [0.05, 0.1) is 83.6 Å². The lowest BCUT2D eigenvalue weighted by Gasteiger charge is -2.27. The molecule has 0 aliphatic heterocycles. The van der Waals surface area contributed by atoms with Crippen LogP contribution in [0.2, 0.25) is 0 Å². The molecule has 13 aromatic carbocycles. The Balaban J connectivity index is 1.06. The Morgan fingerprint density at radius 3 is 1.00 bits per heavy atom. The Bertz CT molecular complexity index is 6140. The van der Waals surface area contributed by atoms with Crippen LogP contribution in [0, 0.1) is 22.7 Å². The second-order valence-electron chi connectivity index (χ2n) is 22.9. The summed E-state index contributed by atoms with van der Waals surface area (Å²) in [5.74, 6) is 0. The Kier molecular flexibility index (Phi) is 10.1. The fraction of sp³-hybridized carbons (Fsp3) is 0. The van der Waals surface area contributed by atoms with Gasteiger partial charge in [0.15, 0.2) is 0 Å². The molecule has 0 atom stereocenters. The molecule has 406 valence electrons. The number of benzene rings is 13. The fourth-order valence-electron chi connectivity index (χ4n) is 15.1. The third-order valence-electron chi connectivity index (χ3n) is 18.6. The van der Waals surface area contributed by atoms with Crippen molar-refractivity contribution in [1.29, 1.82) is 10.5 Å². The standard InChI is InChI=1S/C80H45N7S/c81-46-61-76(84-66-34-14-4-24-52(66)53-25-5-15-35-67(53)84)77(85-68-36-16-6-26-54(68)55-27-7-17-37-69(55)85)62(47-82)79(78(61)86-70-38-18-8-28-56(70)57-29-9-19-39-71(57)86)87-72-44-43-59-58-30-10-20-40-74(58)88-80(59)75(72)60-42-41-48(45-73(60)87)49-21-1-11-31-63(49)83-64-32-12-2-22-50(64)51-23-3-13-33-65(51)83/h1-45H. The molecule has 8 heteroatoms. The Morgan fingerprint density at radius 1 is 0.261 bits per heavy atom. The lowest BCUT2D eigenvalue weighted by Crippen LogP contribution is -2.16. The summed E-state index contributed by atoms with van der Waals surface area (Å²) in [4.78, 5) is 0. The minimum atomic E-state index is 0.408. The molecule has 0 fully saturated rings.